The van der Waals surface area contributed by atoms with Gasteiger partial charge in [-0.2, -0.15) is 5.26 Å². The van der Waals surface area contributed by atoms with Crippen molar-refractivity contribution in [3.8, 4) is 6.07 Å². The molecule has 8 nitrogen and oxygen atoms in total. The molecule has 0 amide bonds. The molecule has 4 aromatic rings. The minimum Gasteiger partial charge on any atom is -0.351 e. The SMILES string of the molecule is Cc1cc(C(C#N)c2ccc(Cl)cc2)c(Cl)cc1Nc1ncnc(N2CCC(Cc3ccccc3)CC2)c1[N+](=O)[O-]. The van der Waals surface area contributed by atoms with Crippen molar-refractivity contribution < 1.29 is 4.92 Å². The van der Waals surface area contributed by atoms with E-state index in [-0.39, 0.29) is 11.5 Å². The lowest BCUT2D eigenvalue weighted by Crippen LogP contribution is -2.35. The van der Waals surface area contributed by atoms with Crippen molar-refractivity contribution in [1.29, 1.82) is 5.26 Å². The summed E-state index contributed by atoms with van der Waals surface area (Å²) in [6.45, 7) is 3.20. The molecule has 208 valence electrons. The van der Waals surface area contributed by atoms with Gasteiger partial charge >= 0.3 is 5.69 Å². The number of aryl methyl sites for hydroxylation is 1. The van der Waals surface area contributed by atoms with Crippen LogP contribution in [0.15, 0.2) is 73.1 Å². The first kappa shape index (κ1) is 28.3. The molecule has 1 fully saturated rings. The van der Waals surface area contributed by atoms with Crippen LogP contribution in [0.1, 0.15) is 41.0 Å². The normalized spacial score (nSPS) is 14.3. The number of benzene rings is 3. The molecule has 0 spiro atoms. The first-order chi connectivity index (χ1) is 19.8. The Labute approximate surface area is 248 Å². The Morgan fingerprint density at radius 3 is 2.46 bits per heavy atom. The molecule has 1 aliphatic rings. The molecular formula is C31H28Cl2N6O2. The summed E-state index contributed by atoms with van der Waals surface area (Å²) in [5.41, 5.74) is 3.85. The molecule has 1 unspecified atom stereocenters. The van der Waals surface area contributed by atoms with Crippen LogP contribution in [0, 0.1) is 34.3 Å². The van der Waals surface area contributed by atoms with Gasteiger partial charge in [-0.05, 0) is 72.6 Å². The van der Waals surface area contributed by atoms with Gasteiger partial charge in [-0.1, -0.05) is 71.7 Å². The Balaban J connectivity index is 1.37. The zero-order valence-electron chi connectivity index (χ0n) is 22.4. The van der Waals surface area contributed by atoms with Gasteiger partial charge in [0.1, 0.15) is 6.33 Å². The van der Waals surface area contributed by atoms with E-state index < -0.39 is 10.8 Å². The number of anilines is 3. The molecule has 0 saturated carbocycles. The highest BCUT2D eigenvalue weighted by molar-refractivity contribution is 6.32. The van der Waals surface area contributed by atoms with Gasteiger partial charge in [0.2, 0.25) is 11.6 Å². The van der Waals surface area contributed by atoms with Crippen molar-refractivity contribution in [2.24, 2.45) is 5.92 Å². The summed E-state index contributed by atoms with van der Waals surface area (Å²) in [6.07, 6.45) is 4.18. The molecule has 0 radical (unpaired) electrons. The van der Waals surface area contributed by atoms with Gasteiger partial charge in [0.25, 0.3) is 0 Å². The molecule has 0 bridgehead atoms. The molecule has 0 aliphatic carbocycles. The van der Waals surface area contributed by atoms with Crippen molar-refractivity contribution in [3.63, 3.8) is 0 Å². The number of aromatic nitrogens is 2. The van der Waals surface area contributed by atoms with E-state index in [1.807, 2.05) is 36.1 Å². The quantitative estimate of drug-likeness (QED) is 0.165. The van der Waals surface area contributed by atoms with Gasteiger partial charge < -0.3 is 10.2 Å². The Morgan fingerprint density at radius 1 is 1.10 bits per heavy atom. The standard InChI is InChI=1S/C31H28Cl2N6O2/c1-20-15-25(26(18-34)23-7-9-24(32)10-8-23)27(33)17-28(20)37-30-29(39(40)41)31(36-19-35-30)38-13-11-22(12-14-38)16-21-5-3-2-4-6-21/h2-10,15,17,19,22,26H,11-14,16H2,1H3,(H,35,36,37). The van der Waals surface area contributed by atoms with E-state index in [0.29, 0.717) is 46.1 Å². The summed E-state index contributed by atoms with van der Waals surface area (Å²) in [4.78, 5) is 22.4. The molecule has 2 heterocycles. The summed E-state index contributed by atoms with van der Waals surface area (Å²) in [5, 5.41) is 26.2. The average molecular weight is 588 g/mol. The van der Waals surface area contributed by atoms with E-state index in [1.165, 1.54) is 11.9 Å². The van der Waals surface area contributed by atoms with Gasteiger partial charge in [0, 0.05) is 28.8 Å². The molecule has 10 heteroatoms. The Morgan fingerprint density at radius 2 is 1.80 bits per heavy atom. The number of piperidine rings is 1. The number of rotatable bonds is 8. The number of nitrogens with one attached hydrogen (secondary N) is 1. The maximum Gasteiger partial charge on any atom is 0.353 e. The molecule has 3 aromatic carbocycles. The predicted molar refractivity (Wildman–Crippen MR) is 162 cm³/mol. The highest BCUT2D eigenvalue weighted by Crippen LogP contribution is 2.39. The van der Waals surface area contributed by atoms with Crippen molar-refractivity contribution >= 4 is 46.2 Å². The second kappa shape index (κ2) is 12.5. The minimum absolute atomic E-state index is 0.0906. The Kier molecular flexibility index (Phi) is 8.67. The topological polar surface area (TPSA) is 108 Å². The molecule has 41 heavy (non-hydrogen) atoms. The molecule has 1 aromatic heterocycles. The van der Waals surface area contributed by atoms with E-state index in [1.54, 1.807) is 30.3 Å². The fourth-order valence-corrected chi connectivity index (χ4v) is 5.72. The second-order valence-electron chi connectivity index (χ2n) is 10.2. The number of nitro groups is 1. The monoisotopic (exact) mass is 586 g/mol. The van der Waals surface area contributed by atoms with Gasteiger partial charge in [-0.25, -0.2) is 9.97 Å². The number of halogens is 2. The highest BCUT2D eigenvalue weighted by atomic mass is 35.5. The lowest BCUT2D eigenvalue weighted by Gasteiger charge is -2.32. The van der Waals surface area contributed by atoms with Gasteiger partial charge in [-0.3, -0.25) is 10.1 Å². The fraction of sp³-hybridized carbons (Fsp3) is 0.258. The summed E-state index contributed by atoms with van der Waals surface area (Å²) >= 11 is 12.7. The number of hydrogen-bond donors (Lipinski definition) is 1. The third-order valence-corrected chi connectivity index (χ3v) is 8.09. The van der Waals surface area contributed by atoms with Crippen molar-refractivity contribution in [2.45, 2.75) is 32.1 Å². The third kappa shape index (κ3) is 6.43. The van der Waals surface area contributed by atoms with Crippen LogP contribution >= 0.6 is 23.2 Å². The van der Waals surface area contributed by atoms with Gasteiger partial charge in [0.15, 0.2) is 0 Å². The largest absolute Gasteiger partial charge is 0.353 e. The zero-order valence-corrected chi connectivity index (χ0v) is 23.9. The third-order valence-electron chi connectivity index (χ3n) is 7.51. The zero-order chi connectivity index (χ0) is 28.9. The average Bonchev–Trinajstić information content (AvgIpc) is 2.97. The van der Waals surface area contributed by atoms with E-state index in [4.69, 9.17) is 23.2 Å². The molecular weight excluding hydrogens is 559 g/mol. The van der Waals surface area contributed by atoms with Gasteiger partial charge in [-0.15, -0.1) is 0 Å². The van der Waals surface area contributed by atoms with Crippen LogP contribution in [0.4, 0.5) is 23.0 Å². The minimum atomic E-state index is -0.600. The maximum atomic E-state index is 12.3. The highest BCUT2D eigenvalue weighted by Gasteiger charge is 2.30. The second-order valence-corrected chi connectivity index (χ2v) is 11.0. The molecule has 1 atom stereocenters. The first-order valence-electron chi connectivity index (χ1n) is 13.3. The molecule has 1 saturated heterocycles. The van der Waals surface area contributed by atoms with Crippen LogP contribution in [0.2, 0.25) is 10.0 Å². The van der Waals surface area contributed by atoms with Crippen molar-refractivity contribution in [2.75, 3.05) is 23.3 Å². The summed E-state index contributed by atoms with van der Waals surface area (Å²) in [6, 6.07) is 23.2. The number of nitriles is 1. The Hall–Kier alpha value is -4.19. The van der Waals surface area contributed by atoms with Crippen LogP contribution in [0.25, 0.3) is 0 Å². The summed E-state index contributed by atoms with van der Waals surface area (Å²) < 4.78 is 0. The van der Waals surface area contributed by atoms with Crippen molar-refractivity contribution in [3.05, 3.63) is 115 Å². The van der Waals surface area contributed by atoms with Gasteiger partial charge in [0.05, 0.1) is 16.9 Å². The van der Waals surface area contributed by atoms with Crippen LogP contribution < -0.4 is 10.2 Å². The molecule has 5 rings (SSSR count). The number of nitrogens with zero attached hydrogens (tertiary/aromatic N) is 5. The fourth-order valence-electron chi connectivity index (χ4n) is 5.32. The van der Waals surface area contributed by atoms with E-state index in [9.17, 15) is 15.4 Å². The van der Waals surface area contributed by atoms with E-state index in [2.05, 4.69) is 33.5 Å². The smallest absolute Gasteiger partial charge is 0.351 e. The summed E-state index contributed by atoms with van der Waals surface area (Å²) in [7, 11) is 0. The molecule has 1 N–H and O–H groups in total. The summed E-state index contributed by atoms with van der Waals surface area (Å²) in [5.74, 6) is 0.309. The van der Waals surface area contributed by atoms with Crippen LogP contribution in [-0.4, -0.2) is 28.0 Å². The van der Waals surface area contributed by atoms with E-state index >= 15 is 0 Å². The first-order valence-corrected chi connectivity index (χ1v) is 14.1. The lowest BCUT2D eigenvalue weighted by molar-refractivity contribution is -0.383. The van der Waals surface area contributed by atoms with E-state index in [0.717, 1.165) is 30.4 Å². The van der Waals surface area contributed by atoms with Crippen molar-refractivity contribution in [1.82, 2.24) is 9.97 Å². The maximum absolute atomic E-state index is 12.3. The number of hydrogen-bond acceptors (Lipinski definition) is 7. The van der Waals surface area contributed by atoms with Crippen LogP contribution in [0.3, 0.4) is 0 Å². The van der Waals surface area contributed by atoms with Crippen LogP contribution in [-0.2, 0) is 6.42 Å². The lowest BCUT2D eigenvalue weighted by atomic mass is 9.90. The Bertz CT molecular complexity index is 1580. The van der Waals surface area contributed by atoms with Crippen LogP contribution in [0.5, 0.6) is 0 Å². The molecule has 1 aliphatic heterocycles. The predicted octanol–water partition coefficient (Wildman–Crippen LogP) is 7.86.